The lowest BCUT2D eigenvalue weighted by molar-refractivity contribution is 1.33. The van der Waals surface area contributed by atoms with Crippen LogP contribution in [-0.2, 0) is 6.04 Å². The van der Waals surface area contributed by atoms with Gasteiger partial charge in [0.25, 0.3) is 0 Å². The van der Waals surface area contributed by atoms with Crippen molar-refractivity contribution in [3.8, 4) is 0 Å². The summed E-state index contributed by atoms with van der Waals surface area (Å²) in [5.74, 6) is 0. The Bertz CT molecular complexity index is 635. The zero-order chi connectivity index (χ0) is 14.5. The summed E-state index contributed by atoms with van der Waals surface area (Å²) in [5.41, 5.74) is 1.43. The fraction of sp³-hybridized carbons (Fsp3) is 0.100. The van der Waals surface area contributed by atoms with E-state index < -0.39 is 8.07 Å². The van der Waals surface area contributed by atoms with Gasteiger partial charge in [-0.1, -0.05) is 113 Å². The van der Waals surface area contributed by atoms with Crippen molar-refractivity contribution in [3.63, 3.8) is 0 Å². The second-order valence-electron chi connectivity index (χ2n) is 5.73. The summed E-state index contributed by atoms with van der Waals surface area (Å²) < 4.78 is 0. The van der Waals surface area contributed by atoms with Gasteiger partial charge in [0.1, 0.15) is 8.07 Å². The summed E-state index contributed by atoms with van der Waals surface area (Å²) in [5, 5.41) is 3.00. The van der Waals surface area contributed by atoms with Crippen LogP contribution in [0.15, 0.2) is 91.0 Å². The van der Waals surface area contributed by atoms with Crippen LogP contribution in [0.5, 0.6) is 0 Å². The summed E-state index contributed by atoms with van der Waals surface area (Å²) in [6.07, 6.45) is 0. The van der Waals surface area contributed by atoms with E-state index in [1.54, 1.807) is 0 Å². The van der Waals surface area contributed by atoms with Crippen LogP contribution in [0, 0.1) is 0 Å². The molecular weight excluding hydrogens is 268 g/mol. The molecule has 1 heteroatoms. The average molecular weight is 288 g/mol. The molecule has 3 aromatic rings. The first kappa shape index (κ1) is 13.8. The molecular formula is C20H20Si. The molecule has 0 radical (unpaired) electrons. The van der Waals surface area contributed by atoms with Gasteiger partial charge >= 0.3 is 0 Å². The molecule has 0 atom stereocenters. The third kappa shape index (κ3) is 2.98. The molecule has 0 heterocycles. The Morgan fingerprint density at radius 2 is 0.952 bits per heavy atom. The molecule has 21 heavy (non-hydrogen) atoms. The summed E-state index contributed by atoms with van der Waals surface area (Å²) in [6.45, 7) is 2.48. The first-order valence-electron chi connectivity index (χ1n) is 7.44. The molecule has 3 rings (SSSR count). The van der Waals surface area contributed by atoms with Crippen LogP contribution < -0.4 is 10.4 Å². The van der Waals surface area contributed by atoms with E-state index in [-0.39, 0.29) is 0 Å². The molecule has 0 fully saturated rings. The van der Waals surface area contributed by atoms with Gasteiger partial charge in [-0.2, -0.15) is 0 Å². The second-order valence-corrected chi connectivity index (χ2v) is 9.90. The highest BCUT2D eigenvalue weighted by atomic mass is 28.3. The molecule has 0 spiro atoms. The lowest BCUT2D eigenvalue weighted by atomic mass is 10.2. The zero-order valence-electron chi connectivity index (χ0n) is 12.4. The molecule has 0 nitrogen and oxygen atoms in total. The summed E-state index contributed by atoms with van der Waals surface area (Å²) in [4.78, 5) is 0. The predicted octanol–water partition coefficient (Wildman–Crippen LogP) is 3.66. The van der Waals surface area contributed by atoms with E-state index >= 15 is 0 Å². The van der Waals surface area contributed by atoms with Gasteiger partial charge in [0.15, 0.2) is 0 Å². The fourth-order valence-electron chi connectivity index (χ4n) is 2.99. The zero-order valence-corrected chi connectivity index (χ0v) is 13.4. The molecule has 0 aliphatic rings. The number of hydrogen-bond donors (Lipinski definition) is 0. The summed E-state index contributed by atoms with van der Waals surface area (Å²) >= 11 is 0. The lowest BCUT2D eigenvalue weighted by Crippen LogP contribution is -2.57. The van der Waals surface area contributed by atoms with Gasteiger partial charge in [0.05, 0.1) is 0 Å². The largest absolute Gasteiger partial charge is 0.119 e. The summed E-state index contributed by atoms with van der Waals surface area (Å²) in [7, 11) is -1.74. The number of benzene rings is 3. The monoisotopic (exact) mass is 288 g/mol. The van der Waals surface area contributed by atoms with E-state index in [2.05, 4.69) is 97.5 Å². The standard InChI is InChI=1S/C20H20Si/c1-21(19-13-7-3-8-14-19,20-15-9-4-10-16-20)17-18-11-5-2-6-12-18/h2-16H,17H2,1H3. The van der Waals surface area contributed by atoms with Crippen LogP contribution in [0.25, 0.3) is 0 Å². The minimum absolute atomic E-state index is 1.14. The molecule has 0 aliphatic heterocycles. The Balaban J connectivity index is 2.07. The van der Waals surface area contributed by atoms with Gasteiger partial charge in [-0.05, 0) is 6.04 Å². The van der Waals surface area contributed by atoms with E-state index in [0.29, 0.717) is 0 Å². The van der Waals surface area contributed by atoms with Gasteiger partial charge in [-0.25, -0.2) is 0 Å². The van der Waals surface area contributed by atoms with E-state index in [0.717, 1.165) is 6.04 Å². The van der Waals surface area contributed by atoms with Crippen LogP contribution in [0.2, 0.25) is 6.55 Å². The van der Waals surface area contributed by atoms with E-state index in [4.69, 9.17) is 0 Å². The van der Waals surface area contributed by atoms with Crippen molar-refractivity contribution in [1.82, 2.24) is 0 Å². The Morgan fingerprint density at radius 1 is 0.571 bits per heavy atom. The third-order valence-electron chi connectivity index (χ3n) is 4.22. The second kappa shape index (κ2) is 6.11. The van der Waals surface area contributed by atoms with Crippen LogP contribution in [-0.4, -0.2) is 8.07 Å². The van der Waals surface area contributed by atoms with Crippen LogP contribution in [0.3, 0.4) is 0 Å². The lowest BCUT2D eigenvalue weighted by Gasteiger charge is -2.29. The number of hydrogen-bond acceptors (Lipinski definition) is 0. The van der Waals surface area contributed by atoms with E-state index in [1.165, 1.54) is 15.9 Å². The highest BCUT2D eigenvalue weighted by molar-refractivity contribution is 7.00. The summed E-state index contributed by atoms with van der Waals surface area (Å²) in [6, 6.07) is 34.0. The fourth-order valence-corrected chi connectivity index (χ4v) is 6.64. The first-order valence-corrected chi connectivity index (χ1v) is 10.1. The minimum atomic E-state index is -1.74. The molecule has 0 amide bonds. The van der Waals surface area contributed by atoms with Crippen molar-refractivity contribution in [2.45, 2.75) is 12.6 Å². The van der Waals surface area contributed by atoms with Crippen molar-refractivity contribution in [2.24, 2.45) is 0 Å². The van der Waals surface area contributed by atoms with Crippen molar-refractivity contribution in [1.29, 1.82) is 0 Å². The highest BCUT2D eigenvalue weighted by Gasteiger charge is 2.31. The highest BCUT2D eigenvalue weighted by Crippen LogP contribution is 2.13. The SMILES string of the molecule is C[Si](Cc1ccccc1)(c1ccccc1)c1ccccc1. The maximum atomic E-state index is 2.48. The quantitative estimate of drug-likeness (QED) is 0.643. The predicted molar refractivity (Wildman–Crippen MR) is 93.9 cm³/mol. The first-order chi connectivity index (χ1) is 10.3. The number of rotatable bonds is 4. The van der Waals surface area contributed by atoms with Gasteiger partial charge in [0, 0.05) is 0 Å². The topological polar surface area (TPSA) is 0 Å². The van der Waals surface area contributed by atoms with Crippen molar-refractivity contribution < 1.29 is 0 Å². The Kier molecular flexibility index (Phi) is 4.02. The van der Waals surface area contributed by atoms with Gasteiger partial charge in [0.2, 0.25) is 0 Å². The van der Waals surface area contributed by atoms with Gasteiger partial charge in [-0.3, -0.25) is 0 Å². The van der Waals surface area contributed by atoms with Crippen molar-refractivity contribution in [2.75, 3.05) is 0 Å². The third-order valence-corrected chi connectivity index (χ3v) is 8.55. The van der Waals surface area contributed by atoms with Crippen LogP contribution in [0.1, 0.15) is 5.56 Å². The minimum Gasteiger partial charge on any atom is -0.0626 e. The van der Waals surface area contributed by atoms with Crippen molar-refractivity contribution >= 4 is 18.4 Å². The normalized spacial score (nSPS) is 11.3. The Morgan fingerprint density at radius 3 is 1.38 bits per heavy atom. The van der Waals surface area contributed by atoms with Crippen LogP contribution in [0.4, 0.5) is 0 Å². The molecule has 3 aromatic carbocycles. The maximum absolute atomic E-state index is 2.48. The maximum Gasteiger partial charge on any atom is 0.119 e. The average Bonchev–Trinajstić information content (AvgIpc) is 2.57. The Hall–Kier alpha value is -2.12. The molecule has 0 N–H and O–H groups in total. The van der Waals surface area contributed by atoms with Crippen LogP contribution >= 0.6 is 0 Å². The molecule has 104 valence electrons. The van der Waals surface area contributed by atoms with Gasteiger partial charge < -0.3 is 0 Å². The molecule has 0 saturated carbocycles. The van der Waals surface area contributed by atoms with E-state index in [9.17, 15) is 0 Å². The van der Waals surface area contributed by atoms with Gasteiger partial charge in [-0.15, -0.1) is 0 Å². The molecule has 0 aliphatic carbocycles. The van der Waals surface area contributed by atoms with Crippen molar-refractivity contribution in [3.05, 3.63) is 96.6 Å². The smallest absolute Gasteiger partial charge is 0.0626 e. The molecule has 0 bridgehead atoms. The van der Waals surface area contributed by atoms with E-state index in [1.807, 2.05) is 0 Å². The molecule has 0 unspecified atom stereocenters. The molecule has 0 saturated heterocycles. The Labute approximate surface area is 128 Å². The molecule has 0 aromatic heterocycles.